The molecule has 2 aliphatic heterocycles. The van der Waals surface area contributed by atoms with Crippen molar-refractivity contribution in [2.45, 2.75) is 46.4 Å². The number of β-lactam (4-membered cyclic amide) rings is 1. The smallest absolute Gasteiger partial charge is 0.358 e. The number of aromatic nitrogens is 1. The van der Waals surface area contributed by atoms with Gasteiger partial charge in [0.1, 0.15) is 5.70 Å². The molecule has 0 radical (unpaired) electrons. The molecule has 1 fully saturated rings. The molecule has 0 spiro atoms. The number of hydrogen-bond acceptors (Lipinski definition) is 10. The molecule has 0 unspecified atom stereocenters. The number of carbonyl (C=O) groups is 3. The Morgan fingerprint density at radius 3 is 2.69 bits per heavy atom. The molecule has 0 bridgehead atoms. The summed E-state index contributed by atoms with van der Waals surface area (Å²) >= 11 is 2.64. The Labute approximate surface area is 194 Å². The lowest BCUT2D eigenvalue weighted by Gasteiger charge is -2.46. The van der Waals surface area contributed by atoms with Gasteiger partial charge in [0.2, 0.25) is 12.7 Å². The van der Waals surface area contributed by atoms with E-state index in [0.29, 0.717) is 10.6 Å². The highest BCUT2D eigenvalue weighted by Gasteiger charge is 2.60. The third kappa shape index (κ3) is 4.61. The molecule has 174 valence electrons. The molecule has 3 heterocycles. The number of nitrogens with zero attached hydrogens (tertiary/aromatic N) is 2. The van der Waals surface area contributed by atoms with Crippen molar-refractivity contribution < 1.29 is 34.1 Å². The summed E-state index contributed by atoms with van der Waals surface area (Å²) < 4.78 is 10.1. The molecule has 2 N–H and O–H groups in total. The summed E-state index contributed by atoms with van der Waals surface area (Å²) in [6, 6.07) is -0.351. The van der Waals surface area contributed by atoms with Crippen LogP contribution in [0.15, 0.2) is 21.5 Å². The van der Waals surface area contributed by atoms with Gasteiger partial charge in [0.15, 0.2) is 0 Å². The normalized spacial score (nSPS) is 23.5. The van der Waals surface area contributed by atoms with Crippen LogP contribution in [-0.4, -0.2) is 56.9 Å². The van der Waals surface area contributed by atoms with Gasteiger partial charge in [0.05, 0.1) is 46.7 Å². The van der Waals surface area contributed by atoms with Crippen molar-refractivity contribution in [2.75, 3.05) is 6.79 Å². The second-order valence-corrected chi connectivity index (χ2v) is 9.71. The van der Waals surface area contributed by atoms with Crippen LogP contribution < -0.4 is 0 Å². The van der Waals surface area contributed by atoms with Crippen molar-refractivity contribution in [2.24, 2.45) is 17.8 Å². The molecule has 1 saturated heterocycles. The molecule has 2 aliphatic rings. The highest BCUT2D eigenvalue weighted by atomic mass is 32.2. The van der Waals surface area contributed by atoms with Gasteiger partial charge < -0.3 is 24.6 Å². The molecule has 0 saturated carbocycles. The minimum absolute atomic E-state index is 0.103. The molecule has 1 aromatic rings. The van der Waals surface area contributed by atoms with Crippen molar-refractivity contribution in [3.63, 3.8) is 0 Å². The van der Waals surface area contributed by atoms with Gasteiger partial charge in [-0.05, 0) is 18.4 Å². The van der Waals surface area contributed by atoms with Crippen LogP contribution in [0.2, 0.25) is 0 Å². The number of fused-ring (bicyclic) bond motifs is 1. The first-order valence-electron chi connectivity index (χ1n) is 10.1. The highest BCUT2D eigenvalue weighted by molar-refractivity contribution is 8.06. The van der Waals surface area contributed by atoms with Crippen LogP contribution in [0, 0.1) is 17.8 Å². The van der Waals surface area contributed by atoms with Gasteiger partial charge in [-0.3, -0.25) is 9.59 Å². The van der Waals surface area contributed by atoms with Gasteiger partial charge in [-0.25, -0.2) is 9.78 Å². The number of amides is 1. The predicted molar refractivity (Wildman–Crippen MR) is 119 cm³/mol. The van der Waals surface area contributed by atoms with Gasteiger partial charge in [-0.2, -0.15) is 0 Å². The Balaban J connectivity index is 1.81. The van der Waals surface area contributed by atoms with Crippen molar-refractivity contribution in [1.82, 2.24) is 9.88 Å². The van der Waals surface area contributed by atoms with E-state index in [4.69, 9.17) is 9.47 Å². The van der Waals surface area contributed by atoms with Gasteiger partial charge >= 0.3 is 11.9 Å². The van der Waals surface area contributed by atoms with E-state index in [1.165, 1.54) is 28.0 Å². The molecule has 32 heavy (non-hydrogen) atoms. The zero-order valence-corrected chi connectivity index (χ0v) is 19.8. The van der Waals surface area contributed by atoms with Gasteiger partial charge in [0.25, 0.3) is 0 Å². The summed E-state index contributed by atoms with van der Waals surface area (Å²) in [6.07, 6.45) is 0.935. The van der Waals surface area contributed by atoms with E-state index in [1.54, 1.807) is 37.8 Å². The van der Waals surface area contributed by atoms with Crippen molar-refractivity contribution in [3.05, 3.63) is 32.1 Å². The molecule has 11 heteroatoms. The Morgan fingerprint density at radius 1 is 1.34 bits per heavy atom. The molecule has 0 aliphatic carbocycles. The first kappa shape index (κ1) is 24.4. The Hall–Kier alpha value is -2.21. The Kier molecular flexibility index (Phi) is 7.75. The van der Waals surface area contributed by atoms with Crippen LogP contribution in [0.3, 0.4) is 0 Å². The molecule has 1 amide bonds. The zero-order chi connectivity index (χ0) is 23.6. The first-order valence-corrected chi connectivity index (χ1v) is 11.9. The average Bonchev–Trinajstić information content (AvgIpc) is 3.28. The molecular weight excluding hydrogens is 456 g/mol. The molecular formula is C21H26N2O7S2. The summed E-state index contributed by atoms with van der Waals surface area (Å²) in [4.78, 5) is 44.0. The monoisotopic (exact) mass is 482 g/mol. The van der Waals surface area contributed by atoms with Crippen molar-refractivity contribution >= 4 is 47.0 Å². The molecule has 9 nitrogen and oxygen atoms in total. The quantitative estimate of drug-likeness (QED) is 0.309. The number of esters is 2. The van der Waals surface area contributed by atoms with Crippen molar-refractivity contribution in [1.29, 1.82) is 0 Å². The Bertz CT molecular complexity index is 954. The van der Waals surface area contributed by atoms with E-state index in [2.05, 4.69) is 4.98 Å². The SMILES string of the molecule is CC(C)C(=O)OCOC(=O)C1=C(S/C=C\c2scnc2CO)[C@H](C)[C@@H]2[C@@H]([C@@H](C)O)C(=O)N12. The van der Waals surface area contributed by atoms with E-state index < -0.39 is 30.8 Å². The molecule has 4 atom stereocenters. The summed E-state index contributed by atoms with van der Waals surface area (Å²) in [7, 11) is 0. The van der Waals surface area contributed by atoms with E-state index in [1.807, 2.05) is 6.92 Å². The second-order valence-electron chi connectivity index (χ2n) is 7.88. The third-order valence-corrected chi connectivity index (χ3v) is 7.33. The number of hydrogen-bond donors (Lipinski definition) is 2. The second kappa shape index (κ2) is 10.2. The summed E-state index contributed by atoms with van der Waals surface area (Å²) in [5, 5.41) is 21.2. The number of thioether (sulfide) groups is 1. The maximum atomic E-state index is 12.9. The van der Waals surface area contributed by atoms with E-state index in [0.717, 1.165) is 4.88 Å². The molecule has 0 aromatic carbocycles. The average molecular weight is 483 g/mol. The number of ether oxygens (including phenoxy) is 2. The maximum absolute atomic E-state index is 12.9. The number of rotatable bonds is 9. The third-order valence-electron chi connectivity index (χ3n) is 5.40. The van der Waals surface area contributed by atoms with Crippen LogP contribution in [0.5, 0.6) is 0 Å². The van der Waals surface area contributed by atoms with E-state index in [-0.39, 0.29) is 36.1 Å². The fourth-order valence-corrected chi connectivity index (χ4v) is 5.52. The Morgan fingerprint density at radius 2 is 2.06 bits per heavy atom. The maximum Gasteiger partial charge on any atom is 0.358 e. The predicted octanol–water partition coefficient (Wildman–Crippen LogP) is 2.11. The topological polar surface area (TPSA) is 126 Å². The minimum Gasteiger partial charge on any atom is -0.428 e. The molecule has 1 aromatic heterocycles. The van der Waals surface area contributed by atoms with Crippen LogP contribution in [0.4, 0.5) is 0 Å². The fraction of sp³-hybridized carbons (Fsp3) is 0.524. The minimum atomic E-state index is -0.848. The number of aliphatic hydroxyl groups excluding tert-OH is 2. The summed E-state index contributed by atoms with van der Waals surface area (Å²) in [5.41, 5.74) is 2.29. The standard InChI is InChI=1S/C21H26N2O7S2/c1-10(2)20(27)29-9-30-21(28)17-18(31-6-5-14-13(7-24)22-8-32-14)11(3)16-15(12(4)25)19(26)23(16)17/h5-6,8,10-12,15-16,24-25H,7,9H2,1-4H3/b6-5-/t11-,12-,15-,16-/m1/s1. The van der Waals surface area contributed by atoms with Crippen LogP contribution in [-0.2, 0) is 30.5 Å². The number of aliphatic hydroxyl groups is 2. The largest absolute Gasteiger partial charge is 0.428 e. The first-order chi connectivity index (χ1) is 15.2. The van der Waals surface area contributed by atoms with Gasteiger partial charge in [-0.1, -0.05) is 32.5 Å². The lowest BCUT2D eigenvalue weighted by atomic mass is 9.79. The van der Waals surface area contributed by atoms with Crippen LogP contribution in [0.1, 0.15) is 38.3 Å². The number of carbonyl (C=O) groups excluding carboxylic acids is 3. The lowest BCUT2D eigenvalue weighted by Crippen LogP contribution is -2.63. The summed E-state index contributed by atoms with van der Waals surface area (Å²) in [6.45, 7) is 6.05. The van der Waals surface area contributed by atoms with Crippen LogP contribution in [0.25, 0.3) is 6.08 Å². The van der Waals surface area contributed by atoms with Crippen LogP contribution >= 0.6 is 23.1 Å². The van der Waals surface area contributed by atoms with E-state index in [9.17, 15) is 24.6 Å². The fourth-order valence-electron chi connectivity index (χ4n) is 3.75. The highest BCUT2D eigenvalue weighted by Crippen LogP contribution is 2.51. The van der Waals surface area contributed by atoms with Crippen molar-refractivity contribution in [3.8, 4) is 0 Å². The van der Waals surface area contributed by atoms with E-state index >= 15 is 0 Å². The van der Waals surface area contributed by atoms with Gasteiger partial charge in [0, 0.05) is 10.8 Å². The lowest BCUT2D eigenvalue weighted by molar-refractivity contribution is -0.173. The number of thiazole rings is 1. The summed E-state index contributed by atoms with van der Waals surface area (Å²) in [5.74, 6) is -2.77. The van der Waals surface area contributed by atoms with Gasteiger partial charge in [-0.15, -0.1) is 11.3 Å². The zero-order valence-electron chi connectivity index (χ0n) is 18.2. The molecule has 3 rings (SSSR count).